The maximum Gasteiger partial charge on any atom is 0.0799 e. The number of hydrogen-bond donors (Lipinski definition) is 0. The van der Waals surface area contributed by atoms with Crippen molar-refractivity contribution in [2.24, 2.45) is 0 Å². The van der Waals surface area contributed by atoms with Crippen LogP contribution in [0.3, 0.4) is 0 Å². The predicted octanol–water partition coefficient (Wildman–Crippen LogP) is 6.07. The second-order valence-electron chi connectivity index (χ2n) is 5.71. The number of pyridine rings is 1. The van der Waals surface area contributed by atoms with E-state index < -0.39 is 0 Å². The fraction of sp³-hybridized carbons (Fsp3) is 0.278. The van der Waals surface area contributed by atoms with Gasteiger partial charge in [0.2, 0.25) is 0 Å². The molecular formula is C18H15BrClN. The van der Waals surface area contributed by atoms with Crippen LogP contribution in [0.1, 0.15) is 30.5 Å². The van der Waals surface area contributed by atoms with Crippen molar-refractivity contribution in [3.8, 4) is 0 Å². The SMILES string of the molecule is Clc1c2c(nc3c1cc(Br)c1ccccc13)CCCCC2. The summed E-state index contributed by atoms with van der Waals surface area (Å²) in [5.74, 6) is 0. The third-order valence-corrected chi connectivity index (χ3v) is 5.49. The lowest BCUT2D eigenvalue weighted by atomic mass is 10.0. The molecule has 3 heteroatoms. The number of halogens is 2. The van der Waals surface area contributed by atoms with E-state index in [0.29, 0.717) is 0 Å². The zero-order chi connectivity index (χ0) is 14.4. The molecule has 0 atom stereocenters. The molecule has 0 radical (unpaired) electrons. The van der Waals surface area contributed by atoms with Gasteiger partial charge in [-0.05, 0) is 42.7 Å². The van der Waals surface area contributed by atoms with Crippen LogP contribution in [0.2, 0.25) is 5.02 Å². The Morgan fingerprint density at radius 1 is 0.952 bits per heavy atom. The lowest BCUT2D eigenvalue weighted by Gasteiger charge is -2.13. The first-order valence-corrected chi connectivity index (χ1v) is 8.61. The van der Waals surface area contributed by atoms with Gasteiger partial charge in [-0.15, -0.1) is 0 Å². The summed E-state index contributed by atoms with van der Waals surface area (Å²) < 4.78 is 1.09. The zero-order valence-corrected chi connectivity index (χ0v) is 14.0. The highest BCUT2D eigenvalue weighted by atomic mass is 79.9. The number of aromatic nitrogens is 1. The van der Waals surface area contributed by atoms with E-state index in [0.717, 1.165) is 33.2 Å². The lowest BCUT2D eigenvalue weighted by Crippen LogP contribution is -1.99. The molecule has 0 fully saturated rings. The molecule has 0 spiro atoms. The van der Waals surface area contributed by atoms with Crippen molar-refractivity contribution in [2.45, 2.75) is 32.1 Å². The molecule has 4 rings (SSSR count). The van der Waals surface area contributed by atoms with Crippen molar-refractivity contribution in [2.75, 3.05) is 0 Å². The summed E-state index contributed by atoms with van der Waals surface area (Å²) >= 11 is 10.4. The Kier molecular flexibility index (Phi) is 3.39. The third kappa shape index (κ3) is 2.16. The van der Waals surface area contributed by atoms with E-state index in [1.165, 1.54) is 41.3 Å². The quantitative estimate of drug-likeness (QED) is 0.350. The predicted molar refractivity (Wildman–Crippen MR) is 93.2 cm³/mol. The van der Waals surface area contributed by atoms with Gasteiger partial charge in [-0.1, -0.05) is 58.2 Å². The van der Waals surface area contributed by atoms with E-state index in [9.17, 15) is 0 Å². The van der Waals surface area contributed by atoms with Crippen LogP contribution in [0, 0.1) is 0 Å². The van der Waals surface area contributed by atoms with Crippen LogP contribution in [0.5, 0.6) is 0 Å². The highest BCUT2D eigenvalue weighted by molar-refractivity contribution is 9.10. The first-order chi connectivity index (χ1) is 10.3. The summed E-state index contributed by atoms with van der Waals surface area (Å²) in [4.78, 5) is 5.00. The van der Waals surface area contributed by atoms with Crippen molar-refractivity contribution >= 4 is 49.2 Å². The molecular weight excluding hydrogens is 346 g/mol. The molecule has 1 aliphatic rings. The van der Waals surface area contributed by atoms with Crippen molar-refractivity contribution in [3.05, 3.63) is 51.1 Å². The molecule has 1 aliphatic carbocycles. The highest BCUT2D eigenvalue weighted by Crippen LogP contribution is 2.38. The van der Waals surface area contributed by atoms with Gasteiger partial charge in [0.25, 0.3) is 0 Å². The van der Waals surface area contributed by atoms with Crippen molar-refractivity contribution in [1.82, 2.24) is 4.98 Å². The minimum atomic E-state index is 0.906. The largest absolute Gasteiger partial charge is 0.252 e. The molecule has 1 heterocycles. The number of hydrogen-bond acceptors (Lipinski definition) is 1. The van der Waals surface area contributed by atoms with E-state index in [-0.39, 0.29) is 0 Å². The standard InChI is InChI=1S/C18H15BrClN/c19-15-10-14-17(20)13-8-2-1-3-9-16(13)21-18(14)12-7-5-4-6-11(12)15/h4-7,10H,1-3,8-9H2. The Bertz CT molecular complexity index is 857. The van der Waals surface area contributed by atoms with Crippen LogP contribution in [-0.4, -0.2) is 4.98 Å². The van der Waals surface area contributed by atoms with Gasteiger partial charge >= 0.3 is 0 Å². The Morgan fingerprint density at radius 2 is 1.71 bits per heavy atom. The molecule has 0 amide bonds. The normalized spacial score (nSPS) is 15.1. The maximum atomic E-state index is 6.74. The molecule has 0 aliphatic heterocycles. The minimum absolute atomic E-state index is 0.906. The first kappa shape index (κ1) is 13.5. The number of rotatable bonds is 0. The summed E-state index contributed by atoms with van der Waals surface area (Å²) in [6.07, 6.45) is 5.81. The average molecular weight is 361 g/mol. The summed E-state index contributed by atoms with van der Waals surface area (Å²) in [6, 6.07) is 10.5. The lowest BCUT2D eigenvalue weighted by molar-refractivity contribution is 0.709. The van der Waals surface area contributed by atoms with E-state index in [2.05, 4.69) is 46.3 Å². The van der Waals surface area contributed by atoms with Crippen molar-refractivity contribution in [3.63, 3.8) is 0 Å². The summed E-state index contributed by atoms with van der Waals surface area (Å²) in [5, 5.41) is 4.35. The van der Waals surface area contributed by atoms with Crippen molar-refractivity contribution < 1.29 is 0 Å². The first-order valence-electron chi connectivity index (χ1n) is 7.44. The molecule has 0 bridgehead atoms. The van der Waals surface area contributed by atoms with E-state index in [1.54, 1.807) is 0 Å². The number of benzene rings is 2. The van der Waals surface area contributed by atoms with Crippen LogP contribution < -0.4 is 0 Å². The van der Waals surface area contributed by atoms with Crippen LogP contribution in [0.4, 0.5) is 0 Å². The summed E-state index contributed by atoms with van der Waals surface area (Å²) in [7, 11) is 0. The van der Waals surface area contributed by atoms with Gasteiger partial charge in [0.15, 0.2) is 0 Å². The Morgan fingerprint density at radius 3 is 2.57 bits per heavy atom. The van der Waals surface area contributed by atoms with Crippen molar-refractivity contribution in [1.29, 1.82) is 0 Å². The van der Waals surface area contributed by atoms with Gasteiger partial charge in [0.1, 0.15) is 0 Å². The molecule has 3 aromatic rings. The minimum Gasteiger partial charge on any atom is -0.252 e. The highest BCUT2D eigenvalue weighted by Gasteiger charge is 2.18. The van der Waals surface area contributed by atoms with Gasteiger partial charge in [-0.2, -0.15) is 0 Å². The number of nitrogens with zero attached hydrogens (tertiary/aromatic N) is 1. The monoisotopic (exact) mass is 359 g/mol. The van der Waals surface area contributed by atoms with Gasteiger partial charge in [-0.3, -0.25) is 4.98 Å². The van der Waals surface area contributed by atoms with Crippen LogP contribution >= 0.6 is 27.5 Å². The Labute approximate surface area is 137 Å². The Hall–Kier alpha value is -1.12. The molecule has 106 valence electrons. The Balaban J connectivity index is 2.15. The summed E-state index contributed by atoms with van der Waals surface area (Å²) in [5.41, 5.74) is 3.51. The average Bonchev–Trinajstić information content (AvgIpc) is 2.75. The van der Waals surface area contributed by atoms with E-state index in [1.807, 2.05) is 0 Å². The van der Waals surface area contributed by atoms with Crippen LogP contribution in [0.25, 0.3) is 21.7 Å². The van der Waals surface area contributed by atoms with Gasteiger partial charge in [0.05, 0.1) is 10.5 Å². The second kappa shape index (κ2) is 5.26. The summed E-state index contributed by atoms with van der Waals surface area (Å²) in [6.45, 7) is 0. The topological polar surface area (TPSA) is 12.9 Å². The number of fused-ring (bicyclic) bond motifs is 4. The third-order valence-electron chi connectivity index (χ3n) is 4.40. The van der Waals surface area contributed by atoms with Gasteiger partial charge in [0, 0.05) is 20.9 Å². The molecule has 0 N–H and O–H groups in total. The molecule has 0 saturated heterocycles. The molecule has 1 aromatic heterocycles. The maximum absolute atomic E-state index is 6.74. The molecule has 1 nitrogen and oxygen atoms in total. The smallest absolute Gasteiger partial charge is 0.0799 e. The molecule has 21 heavy (non-hydrogen) atoms. The van der Waals surface area contributed by atoms with E-state index >= 15 is 0 Å². The van der Waals surface area contributed by atoms with Crippen LogP contribution in [0.15, 0.2) is 34.8 Å². The fourth-order valence-corrected chi connectivity index (χ4v) is 4.25. The molecule has 0 saturated carbocycles. The van der Waals surface area contributed by atoms with E-state index in [4.69, 9.17) is 16.6 Å². The molecule has 2 aromatic carbocycles. The van der Waals surface area contributed by atoms with Crippen LogP contribution in [-0.2, 0) is 12.8 Å². The number of aryl methyl sites for hydroxylation is 1. The molecule has 0 unspecified atom stereocenters. The fourth-order valence-electron chi connectivity index (χ4n) is 3.33. The second-order valence-corrected chi connectivity index (χ2v) is 6.94. The van der Waals surface area contributed by atoms with Gasteiger partial charge in [-0.25, -0.2) is 0 Å². The zero-order valence-electron chi connectivity index (χ0n) is 11.6. The van der Waals surface area contributed by atoms with Gasteiger partial charge < -0.3 is 0 Å².